The fraction of sp³-hybridized carbons (Fsp3) is 0.333. The summed E-state index contributed by atoms with van der Waals surface area (Å²) in [6, 6.07) is 9.21. The van der Waals surface area contributed by atoms with Gasteiger partial charge in [0.1, 0.15) is 6.33 Å². The topological polar surface area (TPSA) is 123 Å². The molecule has 0 saturated carbocycles. The van der Waals surface area contributed by atoms with Crippen LogP contribution in [0.15, 0.2) is 42.9 Å². The molecule has 0 radical (unpaired) electrons. The lowest BCUT2D eigenvalue weighted by Crippen LogP contribution is -2.37. The van der Waals surface area contributed by atoms with Crippen molar-refractivity contribution in [3.8, 4) is 0 Å². The molecule has 0 bridgehead atoms. The second-order valence-corrected chi connectivity index (χ2v) is 7.17. The van der Waals surface area contributed by atoms with Crippen LogP contribution >= 0.6 is 0 Å². The molecule has 10 heteroatoms. The Kier molecular flexibility index (Phi) is 5.87. The minimum absolute atomic E-state index is 0.110. The van der Waals surface area contributed by atoms with Crippen molar-refractivity contribution in [2.75, 3.05) is 29.9 Å². The molecule has 0 spiro atoms. The summed E-state index contributed by atoms with van der Waals surface area (Å²) in [6.07, 6.45) is 4.11. The van der Waals surface area contributed by atoms with Crippen LogP contribution < -0.4 is 10.2 Å². The Morgan fingerprint density at radius 1 is 1.23 bits per heavy atom. The Morgan fingerprint density at radius 3 is 2.77 bits per heavy atom. The maximum Gasteiger partial charge on any atom is 0.353 e. The van der Waals surface area contributed by atoms with Crippen LogP contribution in [0.2, 0.25) is 0 Å². The number of ether oxygens (including phenoxy) is 1. The minimum atomic E-state index is -0.474. The van der Waals surface area contributed by atoms with Gasteiger partial charge in [0.25, 0.3) is 0 Å². The number of esters is 1. The first kappa shape index (κ1) is 20.5. The van der Waals surface area contributed by atoms with Crippen molar-refractivity contribution in [2.45, 2.75) is 19.8 Å². The largest absolute Gasteiger partial charge is 0.466 e. The molecule has 0 amide bonds. The smallest absolute Gasteiger partial charge is 0.353 e. The number of nitrogens with zero attached hydrogens (tertiary/aromatic N) is 5. The van der Waals surface area contributed by atoms with Crippen LogP contribution in [0.3, 0.4) is 0 Å². The number of fused-ring (bicyclic) bond motifs is 1. The molecule has 1 aliphatic heterocycles. The number of piperidine rings is 1. The molecule has 1 aromatic carbocycles. The summed E-state index contributed by atoms with van der Waals surface area (Å²) in [5, 5.41) is 15.9. The van der Waals surface area contributed by atoms with E-state index in [0.29, 0.717) is 38.2 Å². The zero-order chi connectivity index (χ0) is 21.8. The number of rotatable bonds is 6. The molecule has 1 N–H and O–H groups in total. The van der Waals surface area contributed by atoms with Crippen LogP contribution in [-0.4, -0.2) is 45.5 Å². The molecule has 0 unspecified atom stereocenters. The van der Waals surface area contributed by atoms with E-state index in [1.165, 1.54) is 6.33 Å². The number of hydrogen-bond donors (Lipinski definition) is 1. The molecule has 1 aliphatic rings. The summed E-state index contributed by atoms with van der Waals surface area (Å²) < 4.78 is 5.10. The van der Waals surface area contributed by atoms with Crippen molar-refractivity contribution in [2.24, 2.45) is 5.92 Å². The van der Waals surface area contributed by atoms with E-state index in [-0.39, 0.29) is 29.2 Å². The number of benzene rings is 1. The van der Waals surface area contributed by atoms with E-state index in [1.54, 1.807) is 19.2 Å². The van der Waals surface area contributed by atoms with Crippen molar-refractivity contribution in [1.29, 1.82) is 0 Å². The van der Waals surface area contributed by atoms with Crippen molar-refractivity contribution < 1.29 is 14.5 Å². The predicted molar refractivity (Wildman–Crippen MR) is 115 cm³/mol. The van der Waals surface area contributed by atoms with Crippen molar-refractivity contribution in [3.63, 3.8) is 0 Å². The Labute approximate surface area is 178 Å². The molecular weight excluding hydrogens is 400 g/mol. The first-order chi connectivity index (χ1) is 15.1. The highest BCUT2D eigenvalue weighted by molar-refractivity contribution is 5.93. The number of nitrogens with one attached hydrogen (secondary N) is 1. The van der Waals surface area contributed by atoms with Gasteiger partial charge in [-0.1, -0.05) is 6.07 Å². The standard InChI is InChI=1S/C21H22N6O4/c1-2-31-21(28)14-8-11-26(12-9-14)20-18(27(29)30)19(23-13-24-20)25-17-7-3-6-16-15(17)5-4-10-22-16/h3-7,10,13-14H,2,8-9,11-12H2,1H3,(H,23,24,25). The predicted octanol–water partition coefficient (Wildman–Crippen LogP) is 3.46. The highest BCUT2D eigenvalue weighted by Gasteiger charge is 2.32. The number of pyridine rings is 1. The van der Waals surface area contributed by atoms with Gasteiger partial charge in [-0.15, -0.1) is 0 Å². The quantitative estimate of drug-likeness (QED) is 0.361. The van der Waals surface area contributed by atoms with Gasteiger partial charge in [0.15, 0.2) is 0 Å². The summed E-state index contributed by atoms with van der Waals surface area (Å²) in [4.78, 5) is 38.0. The molecule has 3 heterocycles. The second kappa shape index (κ2) is 8.90. The number of carbonyl (C=O) groups excluding carboxylic acids is 1. The lowest BCUT2D eigenvalue weighted by atomic mass is 9.97. The summed E-state index contributed by atoms with van der Waals surface area (Å²) >= 11 is 0. The fourth-order valence-corrected chi connectivity index (χ4v) is 3.79. The maximum absolute atomic E-state index is 12.0. The van der Waals surface area contributed by atoms with E-state index in [1.807, 2.05) is 29.2 Å². The normalized spacial score (nSPS) is 14.4. The van der Waals surface area contributed by atoms with E-state index in [2.05, 4.69) is 20.3 Å². The molecular formula is C21H22N6O4. The molecule has 1 fully saturated rings. The van der Waals surface area contributed by atoms with E-state index in [0.717, 1.165) is 10.9 Å². The highest BCUT2D eigenvalue weighted by atomic mass is 16.6. The summed E-state index contributed by atoms with van der Waals surface area (Å²) in [5.74, 6) is -0.0637. The third-order valence-corrected chi connectivity index (χ3v) is 5.30. The number of nitro groups is 1. The van der Waals surface area contributed by atoms with Gasteiger partial charge >= 0.3 is 11.7 Å². The molecule has 160 valence electrons. The van der Waals surface area contributed by atoms with Crippen molar-refractivity contribution >= 4 is 39.9 Å². The average molecular weight is 422 g/mol. The number of carbonyl (C=O) groups is 1. The Hall–Kier alpha value is -3.82. The van der Waals surface area contributed by atoms with Crippen LogP contribution in [0.5, 0.6) is 0 Å². The van der Waals surface area contributed by atoms with Gasteiger partial charge in [-0.2, -0.15) is 0 Å². The highest BCUT2D eigenvalue weighted by Crippen LogP contribution is 2.36. The maximum atomic E-state index is 12.0. The van der Waals surface area contributed by atoms with E-state index in [9.17, 15) is 14.9 Å². The van der Waals surface area contributed by atoms with Crippen LogP contribution in [0.1, 0.15) is 19.8 Å². The van der Waals surface area contributed by atoms with E-state index < -0.39 is 4.92 Å². The molecule has 0 aliphatic carbocycles. The summed E-state index contributed by atoms with van der Waals surface area (Å²) in [6.45, 7) is 3.06. The lowest BCUT2D eigenvalue weighted by Gasteiger charge is -2.31. The van der Waals surface area contributed by atoms with Crippen LogP contribution in [0.4, 0.5) is 23.0 Å². The Bertz CT molecular complexity index is 1110. The van der Waals surface area contributed by atoms with Gasteiger partial charge in [-0.25, -0.2) is 9.97 Å². The molecule has 0 atom stereocenters. The first-order valence-corrected chi connectivity index (χ1v) is 10.1. The van der Waals surface area contributed by atoms with Crippen molar-refractivity contribution in [1.82, 2.24) is 15.0 Å². The Morgan fingerprint density at radius 2 is 2.03 bits per heavy atom. The van der Waals surface area contributed by atoms with Crippen molar-refractivity contribution in [3.05, 3.63) is 53.0 Å². The third kappa shape index (κ3) is 4.23. The number of aromatic nitrogens is 3. The first-order valence-electron chi connectivity index (χ1n) is 10.1. The monoisotopic (exact) mass is 422 g/mol. The molecule has 1 saturated heterocycles. The van der Waals surface area contributed by atoms with E-state index in [4.69, 9.17) is 4.74 Å². The lowest BCUT2D eigenvalue weighted by molar-refractivity contribution is -0.383. The van der Waals surface area contributed by atoms with Gasteiger partial charge < -0.3 is 15.0 Å². The summed E-state index contributed by atoms with van der Waals surface area (Å²) in [7, 11) is 0. The minimum Gasteiger partial charge on any atom is -0.466 e. The van der Waals surface area contributed by atoms with Gasteiger partial charge in [-0.05, 0) is 44.0 Å². The zero-order valence-corrected chi connectivity index (χ0v) is 17.0. The average Bonchev–Trinajstić information content (AvgIpc) is 2.79. The van der Waals surface area contributed by atoms with Gasteiger partial charge in [-0.3, -0.25) is 19.9 Å². The van der Waals surface area contributed by atoms with Gasteiger partial charge in [0.2, 0.25) is 11.6 Å². The SMILES string of the molecule is CCOC(=O)C1CCN(c2ncnc(Nc3cccc4ncccc34)c2[N+](=O)[O-])CC1. The van der Waals surface area contributed by atoms with Gasteiger partial charge in [0, 0.05) is 30.4 Å². The van der Waals surface area contributed by atoms with Crippen LogP contribution in [0.25, 0.3) is 10.9 Å². The zero-order valence-electron chi connectivity index (χ0n) is 17.0. The number of hydrogen-bond acceptors (Lipinski definition) is 9. The molecule has 3 aromatic rings. The summed E-state index contributed by atoms with van der Waals surface area (Å²) in [5.41, 5.74) is 1.24. The second-order valence-electron chi connectivity index (χ2n) is 7.17. The molecule has 2 aromatic heterocycles. The number of anilines is 3. The third-order valence-electron chi connectivity index (χ3n) is 5.30. The van der Waals surface area contributed by atoms with Gasteiger partial charge in [0.05, 0.1) is 23.0 Å². The molecule has 4 rings (SSSR count). The van der Waals surface area contributed by atoms with E-state index >= 15 is 0 Å². The van der Waals surface area contributed by atoms with Crippen LogP contribution in [0, 0.1) is 16.0 Å². The van der Waals surface area contributed by atoms with Crippen LogP contribution in [-0.2, 0) is 9.53 Å². The molecule has 31 heavy (non-hydrogen) atoms. The molecule has 10 nitrogen and oxygen atoms in total. The fourth-order valence-electron chi connectivity index (χ4n) is 3.79. The Balaban J connectivity index is 1.62.